The minimum absolute atomic E-state index is 0.0361. The van der Waals surface area contributed by atoms with E-state index in [0.29, 0.717) is 24.3 Å². The van der Waals surface area contributed by atoms with Gasteiger partial charge in [-0.05, 0) is 55.5 Å². The Balaban J connectivity index is 1.50. The lowest BCUT2D eigenvalue weighted by Crippen LogP contribution is -2.47. The highest BCUT2D eigenvalue weighted by Gasteiger charge is 2.34. The summed E-state index contributed by atoms with van der Waals surface area (Å²) in [5, 5.41) is 11.8. The molecule has 1 saturated heterocycles. The average molecular weight is 472 g/mol. The summed E-state index contributed by atoms with van der Waals surface area (Å²) in [6.07, 6.45) is 0.610. The van der Waals surface area contributed by atoms with Gasteiger partial charge in [0.25, 0.3) is 0 Å². The molecule has 2 aromatic rings. The molecule has 8 nitrogen and oxygen atoms in total. The number of hydrogen-bond donors (Lipinski definition) is 3. The number of aliphatic carboxylic acids is 1. The molecule has 1 aliphatic rings. The van der Waals surface area contributed by atoms with Crippen LogP contribution in [-0.4, -0.2) is 52.5 Å². The first-order valence-electron chi connectivity index (χ1n) is 11.3. The van der Waals surface area contributed by atoms with Crippen molar-refractivity contribution in [1.29, 1.82) is 0 Å². The monoisotopic (exact) mass is 471 g/mol. The fourth-order valence-corrected chi connectivity index (χ4v) is 3.95. The second kappa shape index (κ2) is 11.6. The van der Waals surface area contributed by atoms with Gasteiger partial charge >= 0.3 is 5.97 Å². The Hall–Kier alpha value is -3.46. The lowest BCUT2D eigenvalue weighted by atomic mass is 10.0. The molecular weight excluding hydrogens is 441 g/mol. The third-order valence-electron chi connectivity index (χ3n) is 5.80. The minimum Gasteiger partial charge on any atom is -0.479 e. The van der Waals surface area contributed by atoms with E-state index in [1.54, 1.807) is 47.4 Å². The van der Waals surface area contributed by atoms with E-state index >= 15 is 0 Å². The van der Waals surface area contributed by atoms with Gasteiger partial charge < -0.3 is 25.8 Å². The molecule has 1 aliphatic heterocycles. The van der Waals surface area contributed by atoms with E-state index in [2.05, 4.69) is 5.32 Å². The van der Waals surface area contributed by atoms with Gasteiger partial charge in [-0.3, -0.25) is 9.59 Å². The third-order valence-corrected chi connectivity index (χ3v) is 5.80. The number of nitrogens with two attached hydrogens (primary N) is 1. The van der Waals surface area contributed by atoms with E-state index in [9.17, 15) is 18.8 Å². The van der Waals surface area contributed by atoms with Crippen molar-refractivity contribution in [3.63, 3.8) is 0 Å². The first-order valence-corrected chi connectivity index (χ1v) is 11.3. The Morgan fingerprint density at radius 3 is 2.59 bits per heavy atom. The molecule has 1 unspecified atom stereocenters. The van der Waals surface area contributed by atoms with Crippen LogP contribution in [-0.2, 0) is 27.3 Å². The molecule has 0 radical (unpaired) electrons. The van der Waals surface area contributed by atoms with Gasteiger partial charge in [-0.15, -0.1) is 0 Å². The molecule has 0 saturated carbocycles. The number of carbonyl (C=O) groups is 3. The number of carboxylic acid groups (broad SMARTS) is 1. The van der Waals surface area contributed by atoms with Gasteiger partial charge in [0.2, 0.25) is 11.8 Å². The van der Waals surface area contributed by atoms with Crippen molar-refractivity contribution in [1.82, 2.24) is 10.2 Å². The van der Waals surface area contributed by atoms with E-state index in [1.165, 1.54) is 13.0 Å². The first kappa shape index (κ1) is 25.2. The zero-order valence-electron chi connectivity index (χ0n) is 19.1. The van der Waals surface area contributed by atoms with E-state index in [0.717, 1.165) is 12.0 Å². The van der Waals surface area contributed by atoms with Gasteiger partial charge in [-0.1, -0.05) is 30.3 Å². The number of likely N-dealkylation sites (tertiary alicyclic amines) is 1. The molecule has 3 rings (SSSR count). The van der Waals surface area contributed by atoms with Crippen molar-refractivity contribution in [2.45, 2.75) is 57.3 Å². The predicted octanol–water partition coefficient (Wildman–Crippen LogP) is 2.24. The van der Waals surface area contributed by atoms with Crippen molar-refractivity contribution in [2.24, 2.45) is 5.73 Å². The normalized spacial score (nSPS) is 17.1. The van der Waals surface area contributed by atoms with Gasteiger partial charge in [0, 0.05) is 25.6 Å². The summed E-state index contributed by atoms with van der Waals surface area (Å²) in [4.78, 5) is 38.0. The maximum atomic E-state index is 13.9. The number of nitrogens with zero attached hydrogens (tertiary/aromatic N) is 1. The Bertz CT molecular complexity index is 1010. The number of halogens is 1. The van der Waals surface area contributed by atoms with E-state index in [-0.39, 0.29) is 37.0 Å². The molecular formula is C25H30FN3O5. The highest BCUT2D eigenvalue weighted by Crippen LogP contribution is 2.20. The Kier molecular flexibility index (Phi) is 8.59. The van der Waals surface area contributed by atoms with Crippen molar-refractivity contribution >= 4 is 17.8 Å². The standard InChI is InChI=1S/C25H30FN3O5/c1-16(25(32)33)34-20-10-8-17(9-11-20)15-28-24(31)22-7-4-12-29(22)23(30)14-19(27)13-18-5-2-3-6-21(18)26/h2-3,5-6,8-11,16,19,22H,4,7,12-15,27H2,1H3,(H,28,31)(H,32,33)/t16-,19?,22-/m0/s1. The quantitative estimate of drug-likeness (QED) is 0.489. The highest BCUT2D eigenvalue weighted by molar-refractivity contribution is 5.88. The maximum absolute atomic E-state index is 13.9. The van der Waals surface area contributed by atoms with Crippen LogP contribution in [0.1, 0.15) is 37.3 Å². The molecule has 3 atom stereocenters. The number of amides is 2. The molecule has 1 heterocycles. The number of benzene rings is 2. The fraction of sp³-hybridized carbons (Fsp3) is 0.400. The predicted molar refractivity (Wildman–Crippen MR) is 123 cm³/mol. The minimum atomic E-state index is -1.06. The van der Waals surface area contributed by atoms with Crippen LogP contribution >= 0.6 is 0 Å². The summed E-state index contributed by atoms with van der Waals surface area (Å²) in [5.41, 5.74) is 7.38. The number of nitrogens with one attached hydrogen (secondary N) is 1. The molecule has 182 valence electrons. The lowest BCUT2D eigenvalue weighted by molar-refractivity contribution is -0.144. The second-order valence-electron chi connectivity index (χ2n) is 8.46. The molecule has 9 heteroatoms. The SMILES string of the molecule is C[C@H](Oc1ccc(CNC(=O)[C@@H]2CCCN2C(=O)CC(N)Cc2ccccc2F)cc1)C(=O)O. The topological polar surface area (TPSA) is 122 Å². The van der Waals surface area contributed by atoms with Crippen molar-refractivity contribution in [2.75, 3.05) is 6.54 Å². The van der Waals surface area contributed by atoms with Crippen LogP contribution in [0.4, 0.5) is 4.39 Å². The van der Waals surface area contributed by atoms with Gasteiger partial charge in [0.15, 0.2) is 6.10 Å². The Morgan fingerprint density at radius 2 is 1.91 bits per heavy atom. The zero-order valence-corrected chi connectivity index (χ0v) is 19.1. The number of carbonyl (C=O) groups excluding carboxylic acids is 2. The summed E-state index contributed by atoms with van der Waals surface area (Å²) in [7, 11) is 0. The van der Waals surface area contributed by atoms with Crippen molar-refractivity contribution in [3.8, 4) is 5.75 Å². The number of carboxylic acids is 1. The van der Waals surface area contributed by atoms with Crippen LogP contribution in [0.3, 0.4) is 0 Å². The van der Waals surface area contributed by atoms with Crippen LogP contribution in [0, 0.1) is 5.82 Å². The summed E-state index contributed by atoms with van der Waals surface area (Å²) >= 11 is 0. The molecule has 0 spiro atoms. The van der Waals surface area contributed by atoms with E-state index in [1.807, 2.05) is 0 Å². The summed E-state index contributed by atoms with van der Waals surface area (Å²) in [5.74, 6) is -1.44. The van der Waals surface area contributed by atoms with E-state index in [4.69, 9.17) is 15.6 Å². The molecule has 1 fully saturated rings. The summed E-state index contributed by atoms with van der Waals surface area (Å²) in [6.45, 7) is 2.19. The highest BCUT2D eigenvalue weighted by atomic mass is 19.1. The fourth-order valence-electron chi connectivity index (χ4n) is 3.95. The lowest BCUT2D eigenvalue weighted by Gasteiger charge is -2.25. The number of hydrogen-bond acceptors (Lipinski definition) is 5. The number of ether oxygens (including phenoxy) is 1. The molecule has 2 aromatic carbocycles. The van der Waals surface area contributed by atoms with Crippen LogP contribution in [0.15, 0.2) is 48.5 Å². The van der Waals surface area contributed by atoms with Crippen LogP contribution in [0.5, 0.6) is 5.75 Å². The Morgan fingerprint density at radius 1 is 1.21 bits per heavy atom. The summed E-state index contributed by atoms with van der Waals surface area (Å²) < 4.78 is 19.1. The molecule has 34 heavy (non-hydrogen) atoms. The first-order chi connectivity index (χ1) is 16.2. The van der Waals surface area contributed by atoms with Crippen molar-refractivity contribution in [3.05, 3.63) is 65.5 Å². The molecule has 0 aliphatic carbocycles. The van der Waals surface area contributed by atoms with Crippen LogP contribution in [0.2, 0.25) is 0 Å². The zero-order chi connectivity index (χ0) is 24.7. The summed E-state index contributed by atoms with van der Waals surface area (Å²) in [6, 6.07) is 12.0. The van der Waals surface area contributed by atoms with Gasteiger partial charge in [-0.2, -0.15) is 0 Å². The molecule has 2 amide bonds. The average Bonchev–Trinajstić information content (AvgIpc) is 3.30. The smallest absolute Gasteiger partial charge is 0.344 e. The second-order valence-corrected chi connectivity index (χ2v) is 8.46. The largest absolute Gasteiger partial charge is 0.479 e. The van der Waals surface area contributed by atoms with Crippen LogP contribution in [0.25, 0.3) is 0 Å². The molecule has 0 aromatic heterocycles. The van der Waals surface area contributed by atoms with Gasteiger partial charge in [0.1, 0.15) is 17.6 Å². The van der Waals surface area contributed by atoms with E-state index < -0.39 is 24.2 Å². The van der Waals surface area contributed by atoms with Crippen LogP contribution < -0.4 is 15.8 Å². The van der Waals surface area contributed by atoms with Gasteiger partial charge in [0.05, 0.1) is 0 Å². The maximum Gasteiger partial charge on any atom is 0.344 e. The van der Waals surface area contributed by atoms with Gasteiger partial charge in [-0.25, -0.2) is 9.18 Å². The van der Waals surface area contributed by atoms with Crippen molar-refractivity contribution < 1.29 is 28.6 Å². The molecule has 4 N–H and O–H groups in total. The Labute approximate surface area is 197 Å². The molecule has 0 bridgehead atoms. The third kappa shape index (κ3) is 6.77. The number of rotatable bonds is 10.